The maximum absolute atomic E-state index is 5.54. The molecule has 4 rings (SSSR count). The van der Waals surface area contributed by atoms with Crippen LogP contribution >= 0.6 is 12.2 Å². The molecule has 2 aromatic carbocycles. The predicted molar refractivity (Wildman–Crippen MR) is 116 cm³/mol. The second-order valence-electron chi connectivity index (χ2n) is 7.59. The SMILES string of the molecule is Cc1ccc(/C=C2\CN(C)CC3=C2NC(=S)NC3c2ccc(C)cc2)cc1. The van der Waals surface area contributed by atoms with Crippen LogP contribution in [0.3, 0.4) is 0 Å². The lowest BCUT2D eigenvalue weighted by Crippen LogP contribution is -2.49. The van der Waals surface area contributed by atoms with E-state index in [1.807, 2.05) is 0 Å². The minimum Gasteiger partial charge on any atom is -0.352 e. The fourth-order valence-corrected chi connectivity index (χ4v) is 4.01. The summed E-state index contributed by atoms with van der Waals surface area (Å²) in [6, 6.07) is 17.5. The second-order valence-corrected chi connectivity index (χ2v) is 8.00. The van der Waals surface area contributed by atoms with Crippen LogP contribution in [0.1, 0.15) is 28.3 Å². The zero-order valence-electron chi connectivity index (χ0n) is 16.0. The Morgan fingerprint density at radius 2 is 1.59 bits per heavy atom. The first kappa shape index (κ1) is 18.0. The summed E-state index contributed by atoms with van der Waals surface area (Å²) in [6.45, 7) is 6.06. The predicted octanol–water partition coefficient (Wildman–Crippen LogP) is 4.11. The monoisotopic (exact) mass is 375 g/mol. The van der Waals surface area contributed by atoms with Crippen LogP contribution in [-0.4, -0.2) is 30.1 Å². The minimum absolute atomic E-state index is 0.110. The first-order chi connectivity index (χ1) is 13.0. The van der Waals surface area contributed by atoms with Crippen LogP contribution in [0.15, 0.2) is 65.4 Å². The molecule has 0 spiro atoms. The Labute approximate surface area is 166 Å². The van der Waals surface area contributed by atoms with Crippen molar-refractivity contribution in [2.45, 2.75) is 19.9 Å². The molecular weight excluding hydrogens is 350 g/mol. The molecule has 0 radical (unpaired) electrons. The van der Waals surface area contributed by atoms with Crippen molar-refractivity contribution in [3.05, 3.63) is 87.6 Å². The van der Waals surface area contributed by atoms with Gasteiger partial charge in [0.25, 0.3) is 0 Å². The highest BCUT2D eigenvalue weighted by atomic mass is 32.1. The summed E-state index contributed by atoms with van der Waals surface area (Å²) >= 11 is 5.54. The third-order valence-electron chi connectivity index (χ3n) is 5.21. The van der Waals surface area contributed by atoms with Crippen LogP contribution in [0, 0.1) is 13.8 Å². The summed E-state index contributed by atoms with van der Waals surface area (Å²) in [6.07, 6.45) is 2.28. The van der Waals surface area contributed by atoms with E-state index in [-0.39, 0.29) is 6.04 Å². The maximum atomic E-state index is 5.54. The quantitative estimate of drug-likeness (QED) is 0.773. The fourth-order valence-electron chi connectivity index (χ4n) is 3.79. The molecule has 2 heterocycles. The molecule has 0 aromatic heterocycles. The van der Waals surface area contributed by atoms with Crippen molar-refractivity contribution in [1.29, 1.82) is 0 Å². The van der Waals surface area contributed by atoms with Gasteiger partial charge >= 0.3 is 0 Å². The van der Waals surface area contributed by atoms with E-state index in [1.165, 1.54) is 39.1 Å². The van der Waals surface area contributed by atoms with Gasteiger partial charge in [-0.25, -0.2) is 0 Å². The van der Waals surface area contributed by atoms with E-state index >= 15 is 0 Å². The molecule has 27 heavy (non-hydrogen) atoms. The number of nitrogens with zero attached hydrogens (tertiary/aromatic N) is 1. The van der Waals surface area contributed by atoms with Crippen molar-refractivity contribution in [1.82, 2.24) is 15.5 Å². The molecule has 2 N–H and O–H groups in total. The third kappa shape index (κ3) is 3.82. The van der Waals surface area contributed by atoms with E-state index in [4.69, 9.17) is 12.2 Å². The lowest BCUT2D eigenvalue weighted by Gasteiger charge is -2.39. The number of likely N-dealkylation sites (N-methyl/N-ethyl adjacent to an activating group) is 1. The smallest absolute Gasteiger partial charge is 0.171 e. The Hall–Kier alpha value is -2.43. The van der Waals surface area contributed by atoms with Gasteiger partial charge in [-0.1, -0.05) is 59.7 Å². The van der Waals surface area contributed by atoms with Gasteiger partial charge in [0, 0.05) is 18.8 Å². The van der Waals surface area contributed by atoms with Gasteiger partial charge in [0.2, 0.25) is 0 Å². The number of hydrogen-bond donors (Lipinski definition) is 2. The Morgan fingerprint density at radius 1 is 0.963 bits per heavy atom. The molecular formula is C23H25N3S. The molecule has 1 atom stereocenters. The number of thiocarbonyl (C=S) groups is 1. The normalized spacial score (nSPS) is 21.7. The maximum Gasteiger partial charge on any atom is 0.171 e. The molecule has 0 saturated carbocycles. The van der Waals surface area contributed by atoms with Crippen LogP contribution < -0.4 is 10.6 Å². The van der Waals surface area contributed by atoms with E-state index in [1.54, 1.807) is 0 Å². The van der Waals surface area contributed by atoms with E-state index in [2.05, 4.69) is 91.0 Å². The highest BCUT2D eigenvalue weighted by Crippen LogP contribution is 2.34. The molecule has 138 valence electrons. The van der Waals surface area contributed by atoms with Crippen molar-refractivity contribution in [2.24, 2.45) is 0 Å². The van der Waals surface area contributed by atoms with Crippen molar-refractivity contribution in [3.63, 3.8) is 0 Å². The Balaban J connectivity index is 1.78. The topological polar surface area (TPSA) is 27.3 Å². The average molecular weight is 376 g/mol. The number of nitrogens with one attached hydrogen (secondary N) is 2. The lowest BCUT2D eigenvalue weighted by atomic mass is 9.89. The van der Waals surface area contributed by atoms with Gasteiger partial charge in [0.05, 0.1) is 6.04 Å². The molecule has 3 nitrogen and oxygen atoms in total. The first-order valence-electron chi connectivity index (χ1n) is 9.33. The molecule has 0 amide bonds. The largest absolute Gasteiger partial charge is 0.352 e. The molecule has 1 unspecified atom stereocenters. The van der Waals surface area contributed by atoms with Gasteiger partial charge in [-0.2, -0.15) is 0 Å². The molecule has 0 aliphatic carbocycles. The summed E-state index contributed by atoms with van der Waals surface area (Å²) in [5.41, 5.74) is 8.83. The summed E-state index contributed by atoms with van der Waals surface area (Å²) in [5.74, 6) is 0. The molecule has 2 aliphatic heterocycles. The third-order valence-corrected chi connectivity index (χ3v) is 5.43. The van der Waals surface area contributed by atoms with Gasteiger partial charge in [0.1, 0.15) is 0 Å². The standard InChI is InChI=1S/C23H25N3S/c1-15-4-8-17(9-5-15)12-19-13-26(3)14-20-21(24-23(27)25-22(19)20)18-10-6-16(2)7-11-18/h4-12,21H,13-14H2,1-3H3,(H2,24,25,27)/b19-12+. The molecule has 4 heteroatoms. The van der Waals surface area contributed by atoms with Crippen LogP contribution in [0.25, 0.3) is 6.08 Å². The Bertz CT molecular complexity index is 923. The van der Waals surface area contributed by atoms with Crippen LogP contribution in [-0.2, 0) is 0 Å². The number of aryl methyl sites for hydroxylation is 2. The number of rotatable bonds is 2. The summed E-state index contributed by atoms with van der Waals surface area (Å²) in [7, 11) is 2.17. The van der Waals surface area contributed by atoms with Crippen molar-refractivity contribution in [3.8, 4) is 0 Å². The fraction of sp³-hybridized carbons (Fsp3) is 0.261. The summed E-state index contributed by atoms with van der Waals surface area (Å²) < 4.78 is 0. The van der Waals surface area contributed by atoms with Gasteiger partial charge in [0.15, 0.2) is 5.11 Å². The van der Waals surface area contributed by atoms with E-state index in [0.717, 1.165) is 13.1 Å². The van der Waals surface area contributed by atoms with Crippen LogP contribution in [0.4, 0.5) is 0 Å². The van der Waals surface area contributed by atoms with Gasteiger partial charge in [-0.05, 0) is 61.5 Å². The van der Waals surface area contributed by atoms with Crippen molar-refractivity contribution in [2.75, 3.05) is 20.1 Å². The summed E-state index contributed by atoms with van der Waals surface area (Å²) in [5, 5.41) is 7.60. The molecule has 2 aliphatic rings. The molecule has 0 bridgehead atoms. The van der Waals surface area contributed by atoms with Crippen LogP contribution in [0.5, 0.6) is 0 Å². The average Bonchev–Trinajstić information content (AvgIpc) is 2.64. The van der Waals surface area contributed by atoms with E-state index in [0.29, 0.717) is 5.11 Å². The lowest BCUT2D eigenvalue weighted by molar-refractivity contribution is 0.364. The van der Waals surface area contributed by atoms with Gasteiger partial charge < -0.3 is 10.6 Å². The highest BCUT2D eigenvalue weighted by molar-refractivity contribution is 7.80. The molecule has 2 aromatic rings. The number of hydrogen-bond acceptors (Lipinski definition) is 2. The van der Waals surface area contributed by atoms with E-state index in [9.17, 15) is 0 Å². The van der Waals surface area contributed by atoms with Gasteiger partial charge in [-0.3, -0.25) is 4.90 Å². The van der Waals surface area contributed by atoms with Crippen molar-refractivity contribution < 1.29 is 0 Å². The zero-order chi connectivity index (χ0) is 19.0. The molecule has 0 fully saturated rings. The Morgan fingerprint density at radius 3 is 2.26 bits per heavy atom. The zero-order valence-corrected chi connectivity index (χ0v) is 16.9. The number of benzene rings is 2. The molecule has 0 saturated heterocycles. The highest BCUT2D eigenvalue weighted by Gasteiger charge is 2.32. The van der Waals surface area contributed by atoms with E-state index < -0.39 is 0 Å². The Kier molecular flexibility index (Phi) is 4.85. The van der Waals surface area contributed by atoms with Crippen LogP contribution in [0.2, 0.25) is 0 Å². The first-order valence-corrected chi connectivity index (χ1v) is 9.74. The second kappa shape index (κ2) is 7.29. The summed E-state index contributed by atoms with van der Waals surface area (Å²) in [4.78, 5) is 2.36. The van der Waals surface area contributed by atoms with Gasteiger partial charge in [-0.15, -0.1) is 0 Å². The minimum atomic E-state index is 0.110. The van der Waals surface area contributed by atoms with Crippen molar-refractivity contribution >= 4 is 23.4 Å².